The van der Waals surface area contributed by atoms with Crippen LogP contribution in [0, 0.1) is 0 Å². The molecule has 0 atom stereocenters. The van der Waals surface area contributed by atoms with Crippen LogP contribution < -0.4 is 11.1 Å². The quantitative estimate of drug-likeness (QED) is 0.840. The number of carbonyl (C=O) groups excluding carboxylic acids is 1. The lowest BCUT2D eigenvalue weighted by Gasteiger charge is -2.26. The summed E-state index contributed by atoms with van der Waals surface area (Å²) < 4.78 is 0. The Bertz CT molecular complexity index is 409. The SMILES string of the molecule is CCC(N)(CC)C(=O)Nc1ccccc1C(C)C. The average Bonchev–Trinajstić information content (AvgIpc) is 2.38. The number of amides is 1. The first-order valence-corrected chi connectivity index (χ1v) is 6.63. The summed E-state index contributed by atoms with van der Waals surface area (Å²) in [6.07, 6.45) is 1.28. The lowest BCUT2D eigenvalue weighted by molar-refractivity contribution is -0.121. The molecule has 1 rings (SSSR count). The van der Waals surface area contributed by atoms with Gasteiger partial charge in [0.05, 0.1) is 5.54 Å². The summed E-state index contributed by atoms with van der Waals surface area (Å²) in [4.78, 5) is 12.2. The Balaban J connectivity index is 2.95. The van der Waals surface area contributed by atoms with Gasteiger partial charge in [-0.1, -0.05) is 45.9 Å². The number of benzene rings is 1. The molecule has 0 aliphatic carbocycles. The zero-order valence-electron chi connectivity index (χ0n) is 11.8. The van der Waals surface area contributed by atoms with Gasteiger partial charge in [0.15, 0.2) is 0 Å². The Morgan fingerprint density at radius 2 is 1.83 bits per heavy atom. The third-order valence-electron chi connectivity index (χ3n) is 3.55. The van der Waals surface area contributed by atoms with Gasteiger partial charge in [-0.3, -0.25) is 4.79 Å². The van der Waals surface area contributed by atoms with Crippen LogP contribution in [0.15, 0.2) is 24.3 Å². The van der Waals surface area contributed by atoms with Crippen molar-refractivity contribution in [3.8, 4) is 0 Å². The van der Waals surface area contributed by atoms with Crippen molar-refractivity contribution in [2.24, 2.45) is 5.73 Å². The van der Waals surface area contributed by atoms with Gasteiger partial charge in [-0.2, -0.15) is 0 Å². The molecule has 0 aromatic heterocycles. The highest BCUT2D eigenvalue weighted by Crippen LogP contribution is 2.25. The fraction of sp³-hybridized carbons (Fsp3) is 0.533. The summed E-state index contributed by atoms with van der Waals surface area (Å²) in [5.74, 6) is 0.275. The van der Waals surface area contributed by atoms with Crippen molar-refractivity contribution in [2.45, 2.75) is 52.0 Å². The summed E-state index contributed by atoms with van der Waals surface area (Å²) in [6.45, 7) is 8.11. The number of nitrogens with one attached hydrogen (secondary N) is 1. The topological polar surface area (TPSA) is 55.1 Å². The van der Waals surface area contributed by atoms with Crippen LogP contribution in [-0.4, -0.2) is 11.4 Å². The minimum atomic E-state index is -0.774. The van der Waals surface area contributed by atoms with Crippen LogP contribution in [0.3, 0.4) is 0 Å². The number of hydrogen-bond acceptors (Lipinski definition) is 2. The lowest BCUT2D eigenvalue weighted by Crippen LogP contribution is -2.50. The Kier molecular flexibility index (Phi) is 4.91. The van der Waals surface area contributed by atoms with Gasteiger partial charge in [-0.05, 0) is 30.4 Å². The van der Waals surface area contributed by atoms with Crippen molar-refractivity contribution in [1.82, 2.24) is 0 Å². The molecule has 1 aromatic rings. The number of hydrogen-bond donors (Lipinski definition) is 2. The van der Waals surface area contributed by atoms with Crippen molar-refractivity contribution in [2.75, 3.05) is 5.32 Å². The molecule has 18 heavy (non-hydrogen) atoms. The largest absolute Gasteiger partial charge is 0.324 e. The number of rotatable bonds is 5. The van der Waals surface area contributed by atoms with Crippen LogP contribution in [0.25, 0.3) is 0 Å². The fourth-order valence-electron chi connectivity index (χ4n) is 1.93. The van der Waals surface area contributed by atoms with Gasteiger partial charge in [0.2, 0.25) is 5.91 Å². The van der Waals surface area contributed by atoms with Gasteiger partial charge in [0.1, 0.15) is 0 Å². The van der Waals surface area contributed by atoms with Gasteiger partial charge in [-0.15, -0.1) is 0 Å². The first-order chi connectivity index (χ1) is 8.44. The number of nitrogens with two attached hydrogens (primary N) is 1. The second-order valence-electron chi connectivity index (χ2n) is 5.06. The van der Waals surface area contributed by atoms with Crippen LogP contribution in [0.5, 0.6) is 0 Å². The van der Waals surface area contributed by atoms with Crippen LogP contribution in [-0.2, 0) is 4.79 Å². The molecule has 3 nitrogen and oxygen atoms in total. The van der Waals surface area contributed by atoms with Gasteiger partial charge in [0, 0.05) is 5.69 Å². The number of para-hydroxylation sites is 1. The molecular weight excluding hydrogens is 224 g/mol. The van der Waals surface area contributed by atoms with E-state index in [2.05, 4.69) is 19.2 Å². The van der Waals surface area contributed by atoms with E-state index in [9.17, 15) is 4.79 Å². The van der Waals surface area contributed by atoms with Crippen molar-refractivity contribution < 1.29 is 4.79 Å². The Labute approximate surface area is 110 Å². The fourth-order valence-corrected chi connectivity index (χ4v) is 1.93. The van der Waals surface area contributed by atoms with Crippen LogP contribution >= 0.6 is 0 Å². The second-order valence-corrected chi connectivity index (χ2v) is 5.06. The predicted octanol–water partition coefficient (Wildman–Crippen LogP) is 3.27. The van der Waals surface area contributed by atoms with Crippen molar-refractivity contribution in [3.63, 3.8) is 0 Å². The predicted molar refractivity (Wildman–Crippen MR) is 76.7 cm³/mol. The van der Waals surface area contributed by atoms with E-state index in [-0.39, 0.29) is 5.91 Å². The minimum absolute atomic E-state index is 0.0967. The third-order valence-corrected chi connectivity index (χ3v) is 3.55. The average molecular weight is 248 g/mol. The summed E-state index contributed by atoms with van der Waals surface area (Å²) in [5.41, 5.74) is 7.34. The highest BCUT2D eigenvalue weighted by Gasteiger charge is 2.30. The molecule has 0 aliphatic rings. The maximum Gasteiger partial charge on any atom is 0.244 e. The maximum absolute atomic E-state index is 12.2. The highest BCUT2D eigenvalue weighted by atomic mass is 16.2. The summed E-state index contributed by atoms with van der Waals surface area (Å²) in [7, 11) is 0. The molecule has 0 saturated heterocycles. The summed E-state index contributed by atoms with van der Waals surface area (Å²) in [5, 5.41) is 2.97. The van der Waals surface area contributed by atoms with E-state index in [1.54, 1.807) is 0 Å². The molecule has 0 aliphatic heterocycles. The van der Waals surface area contributed by atoms with Gasteiger partial charge in [-0.25, -0.2) is 0 Å². The maximum atomic E-state index is 12.2. The first kappa shape index (κ1) is 14.7. The van der Waals surface area contributed by atoms with E-state index in [1.165, 1.54) is 0 Å². The van der Waals surface area contributed by atoms with Crippen LogP contribution in [0.1, 0.15) is 52.0 Å². The van der Waals surface area contributed by atoms with E-state index in [0.717, 1.165) is 11.3 Å². The van der Waals surface area contributed by atoms with Crippen molar-refractivity contribution >= 4 is 11.6 Å². The normalized spacial score (nSPS) is 11.7. The minimum Gasteiger partial charge on any atom is -0.324 e. The monoisotopic (exact) mass is 248 g/mol. The number of carbonyl (C=O) groups is 1. The molecule has 1 aromatic carbocycles. The molecule has 0 heterocycles. The Hall–Kier alpha value is -1.35. The van der Waals surface area contributed by atoms with Gasteiger partial charge >= 0.3 is 0 Å². The lowest BCUT2D eigenvalue weighted by atomic mass is 9.92. The second kappa shape index (κ2) is 6.01. The molecule has 0 bridgehead atoms. The first-order valence-electron chi connectivity index (χ1n) is 6.63. The van der Waals surface area contributed by atoms with E-state index in [1.807, 2.05) is 38.1 Å². The van der Waals surface area contributed by atoms with E-state index in [0.29, 0.717) is 18.8 Å². The zero-order chi connectivity index (χ0) is 13.8. The van der Waals surface area contributed by atoms with E-state index < -0.39 is 5.54 Å². The molecular formula is C15H24N2O. The van der Waals surface area contributed by atoms with Gasteiger partial charge in [0.25, 0.3) is 0 Å². The molecule has 0 spiro atoms. The van der Waals surface area contributed by atoms with E-state index >= 15 is 0 Å². The Morgan fingerprint density at radius 3 is 2.33 bits per heavy atom. The highest BCUT2D eigenvalue weighted by molar-refractivity contribution is 5.98. The molecule has 3 heteroatoms. The molecule has 0 unspecified atom stereocenters. The molecule has 0 saturated carbocycles. The summed E-state index contributed by atoms with van der Waals surface area (Å²) >= 11 is 0. The Morgan fingerprint density at radius 1 is 1.28 bits per heavy atom. The summed E-state index contributed by atoms with van der Waals surface area (Å²) in [6, 6.07) is 7.88. The van der Waals surface area contributed by atoms with Crippen molar-refractivity contribution in [1.29, 1.82) is 0 Å². The molecule has 0 fully saturated rings. The van der Waals surface area contributed by atoms with Crippen LogP contribution in [0.2, 0.25) is 0 Å². The molecule has 0 radical (unpaired) electrons. The zero-order valence-corrected chi connectivity index (χ0v) is 11.8. The van der Waals surface area contributed by atoms with Crippen molar-refractivity contribution in [3.05, 3.63) is 29.8 Å². The molecule has 100 valence electrons. The standard InChI is InChI=1S/C15H24N2O/c1-5-15(16,6-2)14(18)17-13-10-8-7-9-12(13)11(3)4/h7-11H,5-6,16H2,1-4H3,(H,17,18). The van der Waals surface area contributed by atoms with Gasteiger partial charge < -0.3 is 11.1 Å². The van der Waals surface area contributed by atoms with E-state index in [4.69, 9.17) is 5.73 Å². The molecule has 1 amide bonds. The van der Waals surface area contributed by atoms with Crippen LogP contribution in [0.4, 0.5) is 5.69 Å². The number of anilines is 1. The molecule has 3 N–H and O–H groups in total. The third kappa shape index (κ3) is 3.10. The smallest absolute Gasteiger partial charge is 0.244 e.